The van der Waals surface area contributed by atoms with Crippen molar-refractivity contribution in [2.24, 2.45) is 12.0 Å². The predicted octanol–water partition coefficient (Wildman–Crippen LogP) is 3.23. The Balaban J connectivity index is 2.61. The average molecular weight is 313 g/mol. The molecule has 1 aromatic heterocycles. The molecule has 90 valence electrons. The number of rotatable bonds is 2. The Morgan fingerprint density at radius 1 is 1.53 bits per heavy atom. The van der Waals surface area contributed by atoms with Crippen LogP contribution in [0.1, 0.15) is 19.8 Å². The van der Waals surface area contributed by atoms with E-state index in [4.69, 9.17) is 0 Å². The van der Waals surface area contributed by atoms with Crippen LogP contribution in [0.3, 0.4) is 0 Å². The molecule has 2 rings (SSSR count). The quantitative estimate of drug-likeness (QED) is 0.838. The number of nitrogens with zero attached hydrogens (tertiary/aromatic N) is 2. The number of carbonyl (C=O) groups is 1. The number of aromatic nitrogens is 1. The number of benzene rings is 1. The lowest BCUT2D eigenvalue weighted by atomic mass is 10.3. The van der Waals surface area contributed by atoms with Crippen LogP contribution in [0.2, 0.25) is 0 Å². The Hall–Kier alpha value is -0.940. The molecule has 5 heteroatoms. The average Bonchev–Trinajstić information content (AvgIpc) is 2.57. The smallest absolute Gasteiger partial charge is 0.248 e. The summed E-state index contributed by atoms with van der Waals surface area (Å²) in [5.41, 5.74) is 1.08. The Kier molecular flexibility index (Phi) is 3.79. The van der Waals surface area contributed by atoms with E-state index in [-0.39, 0.29) is 5.91 Å². The summed E-state index contributed by atoms with van der Waals surface area (Å²) in [7, 11) is 1.93. The summed E-state index contributed by atoms with van der Waals surface area (Å²) < 4.78 is 4.11. The van der Waals surface area contributed by atoms with Gasteiger partial charge in [0.1, 0.15) is 0 Å². The molecule has 0 N–H and O–H groups in total. The fourth-order valence-corrected chi connectivity index (χ4v) is 3.47. The van der Waals surface area contributed by atoms with E-state index in [2.05, 4.69) is 20.9 Å². The van der Waals surface area contributed by atoms with Crippen LogP contribution in [-0.2, 0) is 11.8 Å². The van der Waals surface area contributed by atoms with Gasteiger partial charge < -0.3 is 4.57 Å². The Morgan fingerprint density at radius 3 is 2.94 bits per heavy atom. The standard InChI is InChI=1S/C12H13BrN2OS/c1-3-5-10(16)14-12-15(2)11-8(13)6-4-7-9(11)17-12/h4,6-7H,3,5H2,1-2H3. The van der Waals surface area contributed by atoms with E-state index in [1.54, 1.807) is 0 Å². The topological polar surface area (TPSA) is 34.4 Å². The first-order chi connectivity index (χ1) is 8.13. The van der Waals surface area contributed by atoms with E-state index < -0.39 is 0 Å². The molecule has 0 spiro atoms. The number of carbonyl (C=O) groups excluding carboxylic acids is 1. The highest BCUT2D eigenvalue weighted by molar-refractivity contribution is 9.10. The molecule has 0 aliphatic carbocycles. The van der Waals surface area contributed by atoms with Crippen molar-refractivity contribution in [3.8, 4) is 0 Å². The van der Waals surface area contributed by atoms with Crippen molar-refractivity contribution in [2.45, 2.75) is 19.8 Å². The molecule has 1 amide bonds. The zero-order valence-electron chi connectivity index (χ0n) is 9.74. The van der Waals surface area contributed by atoms with E-state index in [9.17, 15) is 4.79 Å². The van der Waals surface area contributed by atoms with E-state index >= 15 is 0 Å². The largest absolute Gasteiger partial charge is 0.318 e. The predicted molar refractivity (Wildman–Crippen MR) is 74.0 cm³/mol. The maximum absolute atomic E-state index is 11.5. The third-order valence-corrected chi connectivity index (χ3v) is 4.19. The summed E-state index contributed by atoms with van der Waals surface area (Å²) in [5.74, 6) is -0.0502. The summed E-state index contributed by atoms with van der Waals surface area (Å²) in [5, 5.41) is 0. The van der Waals surface area contributed by atoms with Gasteiger partial charge in [0.2, 0.25) is 5.91 Å². The van der Waals surface area contributed by atoms with E-state index in [0.29, 0.717) is 6.42 Å². The van der Waals surface area contributed by atoms with Gasteiger partial charge in [0, 0.05) is 17.9 Å². The summed E-state index contributed by atoms with van der Waals surface area (Å²) >= 11 is 5.05. The third kappa shape index (κ3) is 2.50. The number of amides is 1. The molecular formula is C12H13BrN2OS. The lowest BCUT2D eigenvalue weighted by Gasteiger charge is -1.97. The summed E-state index contributed by atoms with van der Waals surface area (Å²) in [6, 6.07) is 6.02. The number of para-hydroxylation sites is 1. The minimum absolute atomic E-state index is 0.0502. The number of fused-ring (bicyclic) bond motifs is 1. The maximum atomic E-state index is 11.5. The lowest BCUT2D eigenvalue weighted by molar-refractivity contribution is -0.118. The van der Waals surface area contributed by atoms with E-state index in [0.717, 1.165) is 25.9 Å². The van der Waals surface area contributed by atoms with Crippen molar-refractivity contribution in [1.82, 2.24) is 4.57 Å². The molecule has 0 unspecified atom stereocenters. The van der Waals surface area contributed by atoms with E-state index in [1.807, 2.05) is 36.7 Å². The second-order valence-electron chi connectivity index (χ2n) is 3.79. The molecule has 0 atom stereocenters. The van der Waals surface area contributed by atoms with Crippen LogP contribution >= 0.6 is 27.3 Å². The van der Waals surface area contributed by atoms with Crippen LogP contribution < -0.4 is 4.80 Å². The first kappa shape index (κ1) is 12.5. The van der Waals surface area contributed by atoms with Crippen molar-refractivity contribution in [1.29, 1.82) is 0 Å². The summed E-state index contributed by atoms with van der Waals surface area (Å²) in [6.07, 6.45) is 1.34. The number of aryl methyl sites for hydroxylation is 1. The SMILES string of the molecule is CCCC(=O)N=c1sc2cccc(Br)c2n1C. The molecule has 0 aliphatic heterocycles. The molecule has 1 heterocycles. The number of thiazole rings is 1. The Labute approximate surface area is 112 Å². The zero-order valence-corrected chi connectivity index (χ0v) is 12.1. The van der Waals surface area contributed by atoms with Gasteiger partial charge in [0.05, 0.1) is 10.2 Å². The highest BCUT2D eigenvalue weighted by atomic mass is 79.9. The molecular weight excluding hydrogens is 300 g/mol. The van der Waals surface area contributed by atoms with Gasteiger partial charge in [0.25, 0.3) is 0 Å². The molecule has 0 fully saturated rings. The zero-order chi connectivity index (χ0) is 12.4. The van der Waals surface area contributed by atoms with Gasteiger partial charge in [-0.3, -0.25) is 4.79 Å². The van der Waals surface area contributed by atoms with Crippen LogP contribution in [0, 0.1) is 0 Å². The minimum Gasteiger partial charge on any atom is -0.318 e. The second kappa shape index (κ2) is 5.14. The van der Waals surface area contributed by atoms with Crippen molar-refractivity contribution in [3.05, 3.63) is 27.5 Å². The fraction of sp³-hybridized carbons (Fsp3) is 0.333. The maximum Gasteiger partial charge on any atom is 0.248 e. The third-order valence-electron chi connectivity index (χ3n) is 2.46. The van der Waals surface area contributed by atoms with Crippen LogP contribution in [0.15, 0.2) is 27.7 Å². The molecule has 17 heavy (non-hydrogen) atoms. The molecule has 2 aromatic rings. The van der Waals surface area contributed by atoms with Crippen molar-refractivity contribution in [2.75, 3.05) is 0 Å². The van der Waals surface area contributed by atoms with E-state index in [1.165, 1.54) is 11.3 Å². The molecule has 3 nitrogen and oxygen atoms in total. The van der Waals surface area contributed by atoms with Crippen LogP contribution in [0.5, 0.6) is 0 Å². The van der Waals surface area contributed by atoms with Crippen molar-refractivity contribution in [3.63, 3.8) is 0 Å². The Bertz CT molecular complexity index is 627. The molecule has 0 aliphatic rings. The monoisotopic (exact) mass is 312 g/mol. The van der Waals surface area contributed by atoms with Crippen LogP contribution in [-0.4, -0.2) is 10.5 Å². The molecule has 0 saturated heterocycles. The summed E-state index contributed by atoms with van der Waals surface area (Å²) in [6.45, 7) is 1.98. The minimum atomic E-state index is -0.0502. The van der Waals surface area contributed by atoms with Gasteiger partial charge in [-0.2, -0.15) is 4.99 Å². The number of halogens is 1. The Morgan fingerprint density at radius 2 is 2.29 bits per heavy atom. The first-order valence-corrected chi connectivity index (χ1v) is 7.06. The van der Waals surface area contributed by atoms with Gasteiger partial charge in [-0.05, 0) is 34.5 Å². The second-order valence-corrected chi connectivity index (χ2v) is 5.65. The first-order valence-electron chi connectivity index (χ1n) is 5.45. The van der Waals surface area contributed by atoms with Gasteiger partial charge in [-0.25, -0.2) is 0 Å². The van der Waals surface area contributed by atoms with Gasteiger partial charge >= 0.3 is 0 Å². The van der Waals surface area contributed by atoms with Gasteiger partial charge in [-0.1, -0.05) is 24.3 Å². The van der Waals surface area contributed by atoms with Crippen molar-refractivity contribution < 1.29 is 4.79 Å². The molecule has 0 saturated carbocycles. The molecule has 0 radical (unpaired) electrons. The van der Waals surface area contributed by atoms with Crippen molar-refractivity contribution >= 4 is 43.4 Å². The fourth-order valence-electron chi connectivity index (χ4n) is 1.64. The normalized spacial score (nSPS) is 12.3. The summed E-state index contributed by atoms with van der Waals surface area (Å²) in [4.78, 5) is 16.4. The lowest BCUT2D eigenvalue weighted by Crippen LogP contribution is -2.13. The molecule has 1 aromatic carbocycles. The van der Waals surface area contributed by atoms with Gasteiger partial charge in [0.15, 0.2) is 4.80 Å². The van der Waals surface area contributed by atoms with Gasteiger partial charge in [-0.15, -0.1) is 0 Å². The highest BCUT2D eigenvalue weighted by Gasteiger charge is 2.06. The number of hydrogen-bond donors (Lipinski definition) is 0. The number of hydrogen-bond acceptors (Lipinski definition) is 2. The van der Waals surface area contributed by atoms with Crippen LogP contribution in [0.25, 0.3) is 10.2 Å². The highest BCUT2D eigenvalue weighted by Crippen LogP contribution is 2.24. The van der Waals surface area contributed by atoms with Crippen LogP contribution in [0.4, 0.5) is 0 Å². The molecule has 0 bridgehead atoms.